The van der Waals surface area contributed by atoms with Crippen LogP contribution in [0.4, 0.5) is 4.39 Å². The van der Waals surface area contributed by atoms with E-state index in [1.165, 1.54) is 19.3 Å². The van der Waals surface area contributed by atoms with Gasteiger partial charge in [-0.1, -0.05) is 49.0 Å². The van der Waals surface area contributed by atoms with Gasteiger partial charge in [0.15, 0.2) is 0 Å². The molecule has 0 bridgehead atoms. The van der Waals surface area contributed by atoms with Crippen molar-refractivity contribution >= 4 is 15.9 Å². The summed E-state index contributed by atoms with van der Waals surface area (Å²) < 4.78 is 14.8. The fraction of sp³-hybridized carbons (Fsp3) is 0.625. The Morgan fingerprint density at radius 3 is 2.63 bits per heavy atom. The van der Waals surface area contributed by atoms with E-state index in [9.17, 15) is 4.39 Å². The van der Waals surface area contributed by atoms with Gasteiger partial charge in [0, 0.05) is 10.5 Å². The van der Waals surface area contributed by atoms with Crippen LogP contribution in [-0.4, -0.2) is 13.1 Å². The third kappa shape index (κ3) is 5.23. The molecule has 0 aromatic heterocycles. The molecule has 1 nitrogen and oxygen atoms in total. The fourth-order valence-electron chi connectivity index (χ4n) is 2.60. The molecular formula is C16H25BrFN. The molecule has 19 heavy (non-hydrogen) atoms. The van der Waals surface area contributed by atoms with E-state index in [-0.39, 0.29) is 5.82 Å². The summed E-state index contributed by atoms with van der Waals surface area (Å²) in [5.74, 6) is 0.511. The number of hydrogen-bond donors (Lipinski definition) is 1. The van der Waals surface area contributed by atoms with Gasteiger partial charge in [-0.3, -0.25) is 0 Å². The number of hydrogen-bond acceptors (Lipinski definition) is 1. The summed E-state index contributed by atoms with van der Waals surface area (Å²) in [6.45, 7) is 4.44. The van der Waals surface area contributed by atoms with Crippen LogP contribution in [-0.2, 0) is 6.42 Å². The minimum atomic E-state index is -0.103. The Hall–Kier alpha value is -0.410. The van der Waals surface area contributed by atoms with Gasteiger partial charge in [-0.05, 0) is 49.6 Å². The minimum Gasteiger partial charge on any atom is -0.316 e. The van der Waals surface area contributed by atoms with Crippen LogP contribution in [0.1, 0.15) is 45.1 Å². The van der Waals surface area contributed by atoms with Gasteiger partial charge in [-0.2, -0.15) is 0 Å². The summed E-state index contributed by atoms with van der Waals surface area (Å²) >= 11 is 3.42. The molecule has 0 aliphatic heterocycles. The predicted molar refractivity (Wildman–Crippen MR) is 84.0 cm³/mol. The Bertz CT molecular complexity index is 381. The molecule has 0 fully saturated rings. The summed E-state index contributed by atoms with van der Waals surface area (Å²) in [7, 11) is 1.98. The normalized spacial score (nSPS) is 14.4. The van der Waals surface area contributed by atoms with Crippen LogP contribution < -0.4 is 5.32 Å². The third-order valence-corrected chi connectivity index (χ3v) is 4.33. The van der Waals surface area contributed by atoms with Gasteiger partial charge in [-0.15, -0.1) is 0 Å². The van der Waals surface area contributed by atoms with Gasteiger partial charge in [0.1, 0.15) is 5.82 Å². The summed E-state index contributed by atoms with van der Waals surface area (Å²) in [4.78, 5) is 0. The number of benzene rings is 1. The van der Waals surface area contributed by atoms with Crippen molar-refractivity contribution in [3.8, 4) is 0 Å². The van der Waals surface area contributed by atoms with Crippen molar-refractivity contribution in [2.24, 2.45) is 5.92 Å². The molecule has 3 heteroatoms. The Balaban J connectivity index is 2.76. The maximum Gasteiger partial charge on any atom is 0.126 e. The highest BCUT2D eigenvalue weighted by atomic mass is 79.9. The Morgan fingerprint density at radius 2 is 2.05 bits per heavy atom. The first kappa shape index (κ1) is 16.6. The molecular weight excluding hydrogens is 305 g/mol. The molecule has 1 N–H and O–H groups in total. The molecule has 108 valence electrons. The number of likely N-dealkylation sites (N-methyl/N-ethyl adjacent to an activating group) is 1. The summed E-state index contributed by atoms with van der Waals surface area (Å²) in [5.41, 5.74) is 0.795. The lowest BCUT2D eigenvalue weighted by molar-refractivity contribution is 0.328. The van der Waals surface area contributed by atoms with E-state index in [4.69, 9.17) is 0 Å². The van der Waals surface area contributed by atoms with Crippen LogP contribution in [0.5, 0.6) is 0 Å². The van der Waals surface area contributed by atoms with E-state index in [0.717, 1.165) is 22.9 Å². The van der Waals surface area contributed by atoms with Gasteiger partial charge >= 0.3 is 0 Å². The SMILES string of the molecule is CCCCC(CC)C(Cc1cc(Br)ccc1F)NC. The van der Waals surface area contributed by atoms with Crippen LogP contribution in [0.3, 0.4) is 0 Å². The molecule has 0 saturated heterocycles. The standard InChI is InChI=1S/C16H25BrFN/c1-4-6-7-12(5-2)16(19-3)11-13-10-14(17)8-9-15(13)18/h8-10,12,16,19H,4-7,11H2,1-3H3. The molecule has 0 spiro atoms. The molecule has 1 rings (SSSR count). The zero-order valence-corrected chi connectivity index (χ0v) is 13.8. The molecule has 1 aromatic carbocycles. The highest BCUT2D eigenvalue weighted by Gasteiger charge is 2.19. The Morgan fingerprint density at radius 1 is 1.32 bits per heavy atom. The zero-order valence-electron chi connectivity index (χ0n) is 12.2. The number of nitrogens with one attached hydrogen (secondary N) is 1. The van der Waals surface area contributed by atoms with E-state index in [1.807, 2.05) is 13.1 Å². The van der Waals surface area contributed by atoms with Crippen LogP contribution in [0.15, 0.2) is 22.7 Å². The summed E-state index contributed by atoms with van der Waals surface area (Å²) in [6.07, 6.45) is 5.58. The second-order valence-electron chi connectivity index (χ2n) is 5.15. The summed E-state index contributed by atoms with van der Waals surface area (Å²) in [6, 6.07) is 5.53. The third-order valence-electron chi connectivity index (χ3n) is 3.84. The molecule has 0 amide bonds. The van der Waals surface area contributed by atoms with Gasteiger partial charge in [0.05, 0.1) is 0 Å². The van der Waals surface area contributed by atoms with Crippen molar-refractivity contribution in [3.63, 3.8) is 0 Å². The quantitative estimate of drug-likeness (QED) is 0.712. The lowest BCUT2D eigenvalue weighted by Crippen LogP contribution is -2.35. The van der Waals surface area contributed by atoms with Gasteiger partial charge < -0.3 is 5.32 Å². The van der Waals surface area contributed by atoms with Crippen LogP contribution in [0, 0.1) is 11.7 Å². The second-order valence-corrected chi connectivity index (χ2v) is 6.06. The second kappa shape index (κ2) is 8.70. The average Bonchev–Trinajstić information content (AvgIpc) is 2.41. The molecule has 0 aliphatic rings. The van der Waals surface area contributed by atoms with Crippen molar-refractivity contribution in [2.45, 2.75) is 52.0 Å². The summed E-state index contributed by atoms with van der Waals surface area (Å²) in [5, 5.41) is 3.38. The number of unbranched alkanes of at least 4 members (excludes halogenated alkanes) is 1. The maximum atomic E-state index is 13.8. The monoisotopic (exact) mass is 329 g/mol. The number of rotatable bonds is 8. The number of halogens is 2. The molecule has 2 unspecified atom stereocenters. The van der Waals surface area contributed by atoms with E-state index < -0.39 is 0 Å². The predicted octanol–water partition coefficient (Wildman–Crippen LogP) is 4.94. The van der Waals surface area contributed by atoms with E-state index in [0.29, 0.717) is 12.0 Å². The molecule has 0 aliphatic carbocycles. The minimum absolute atomic E-state index is 0.103. The topological polar surface area (TPSA) is 12.0 Å². The van der Waals surface area contributed by atoms with E-state index >= 15 is 0 Å². The molecule has 0 radical (unpaired) electrons. The van der Waals surface area contributed by atoms with E-state index in [2.05, 4.69) is 35.1 Å². The van der Waals surface area contributed by atoms with E-state index in [1.54, 1.807) is 12.1 Å². The van der Waals surface area contributed by atoms with Crippen LogP contribution >= 0.6 is 15.9 Å². The Kier molecular flexibility index (Phi) is 7.62. The Labute approximate surface area is 125 Å². The van der Waals surface area contributed by atoms with Gasteiger partial charge in [0.25, 0.3) is 0 Å². The molecule has 2 atom stereocenters. The lowest BCUT2D eigenvalue weighted by Gasteiger charge is -2.26. The molecule has 0 heterocycles. The zero-order chi connectivity index (χ0) is 14.3. The van der Waals surface area contributed by atoms with Crippen LogP contribution in [0.2, 0.25) is 0 Å². The molecule has 1 aromatic rings. The first-order valence-corrected chi connectivity index (χ1v) is 8.02. The van der Waals surface area contributed by atoms with Crippen molar-refractivity contribution in [1.29, 1.82) is 0 Å². The largest absolute Gasteiger partial charge is 0.316 e. The van der Waals surface area contributed by atoms with Crippen LogP contribution in [0.25, 0.3) is 0 Å². The first-order valence-electron chi connectivity index (χ1n) is 7.23. The first-order chi connectivity index (χ1) is 9.12. The van der Waals surface area contributed by atoms with Gasteiger partial charge in [0.2, 0.25) is 0 Å². The van der Waals surface area contributed by atoms with Gasteiger partial charge in [-0.25, -0.2) is 4.39 Å². The molecule has 0 saturated carbocycles. The average molecular weight is 330 g/mol. The maximum absolute atomic E-state index is 13.8. The highest BCUT2D eigenvalue weighted by Crippen LogP contribution is 2.23. The van der Waals surface area contributed by atoms with Crippen molar-refractivity contribution in [3.05, 3.63) is 34.1 Å². The highest BCUT2D eigenvalue weighted by molar-refractivity contribution is 9.10. The fourth-order valence-corrected chi connectivity index (χ4v) is 3.01. The van der Waals surface area contributed by atoms with Crippen molar-refractivity contribution in [2.75, 3.05) is 7.05 Å². The smallest absolute Gasteiger partial charge is 0.126 e. The van der Waals surface area contributed by atoms with Crippen molar-refractivity contribution in [1.82, 2.24) is 5.32 Å². The van der Waals surface area contributed by atoms with Crippen molar-refractivity contribution < 1.29 is 4.39 Å². The lowest BCUT2D eigenvalue weighted by atomic mass is 9.87.